The topological polar surface area (TPSA) is 79.7 Å². The van der Waals surface area contributed by atoms with Crippen LogP contribution in [0.3, 0.4) is 0 Å². The molecule has 1 amide bonds. The van der Waals surface area contributed by atoms with Crippen molar-refractivity contribution in [3.8, 4) is 5.75 Å². The summed E-state index contributed by atoms with van der Waals surface area (Å²) in [6.07, 6.45) is 0. The number of aliphatic hydroxyl groups is 1. The number of carbonyl (C=O) groups is 2. The molecule has 1 saturated heterocycles. The highest BCUT2D eigenvalue weighted by Gasteiger charge is 2.48. The Balaban J connectivity index is 1.92. The van der Waals surface area contributed by atoms with Crippen molar-refractivity contribution in [1.29, 1.82) is 0 Å². The summed E-state index contributed by atoms with van der Waals surface area (Å²) in [5.74, 6) is -1.07. The van der Waals surface area contributed by atoms with E-state index in [1.165, 1.54) is 16.2 Å². The van der Waals surface area contributed by atoms with Crippen LogP contribution in [0, 0.1) is 13.8 Å². The van der Waals surface area contributed by atoms with E-state index < -0.39 is 17.7 Å². The molecule has 1 fully saturated rings. The average Bonchev–Trinajstić information content (AvgIpc) is 3.23. The van der Waals surface area contributed by atoms with Gasteiger partial charge in [0.25, 0.3) is 5.78 Å². The Kier molecular flexibility index (Phi) is 5.68. The van der Waals surface area contributed by atoms with Crippen LogP contribution in [0.2, 0.25) is 0 Å². The number of hydrogen-bond acceptors (Lipinski definition) is 6. The first-order valence-corrected chi connectivity index (χ1v) is 11.1. The number of rotatable bonds is 4. The van der Waals surface area contributed by atoms with Crippen LogP contribution in [0.25, 0.3) is 5.76 Å². The highest BCUT2D eigenvalue weighted by Crippen LogP contribution is 2.44. The van der Waals surface area contributed by atoms with E-state index in [1.54, 1.807) is 31.4 Å². The van der Waals surface area contributed by atoms with Crippen molar-refractivity contribution < 1.29 is 19.4 Å². The molecule has 0 radical (unpaired) electrons. The zero-order valence-corrected chi connectivity index (χ0v) is 19.5. The maximum absolute atomic E-state index is 13.1. The second-order valence-electron chi connectivity index (χ2n) is 7.09. The third-order valence-corrected chi connectivity index (χ3v) is 6.82. The number of anilines is 1. The number of aromatic nitrogens is 1. The molecular weight excluding hydrogens is 480 g/mol. The number of ketones is 1. The minimum Gasteiger partial charge on any atom is -0.507 e. The quantitative estimate of drug-likeness (QED) is 0.305. The standard InChI is InChI=1S/C23H19BrN2O4S/c1-12-13(2)31-23(25-12)26-19(14-4-8-16(24)9-5-14)18(21(28)22(26)29)20(27)15-6-10-17(30-3)11-7-15/h4-11,19,27H,1-3H3. The number of ether oxygens (including phenoxy) is 1. The Morgan fingerprint density at radius 1 is 1.10 bits per heavy atom. The van der Waals surface area contributed by atoms with Crippen LogP contribution in [-0.4, -0.2) is 28.9 Å². The molecule has 0 aliphatic carbocycles. The van der Waals surface area contributed by atoms with Crippen molar-refractivity contribution in [3.05, 3.63) is 80.3 Å². The molecular formula is C23H19BrN2O4S. The van der Waals surface area contributed by atoms with Gasteiger partial charge in [-0.2, -0.15) is 0 Å². The van der Waals surface area contributed by atoms with Crippen LogP contribution in [0.5, 0.6) is 5.75 Å². The van der Waals surface area contributed by atoms with E-state index in [4.69, 9.17) is 4.74 Å². The lowest BCUT2D eigenvalue weighted by Gasteiger charge is -2.23. The Morgan fingerprint density at radius 2 is 1.74 bits per heavy atom. The van der Waals surface area contributed by atoms with E-state index in [1.807, 2.05) is 38.1 Å². The molecule has 0 spiro atoms. The van der Waals surface area contributed by atoms with Gasteiger partial charge in [-0.3, -0.25) is 14.5 Å². The summed E-state index contributed by atoms with van der Waals surface area (Å²) in [7, 11) is 1.55. The minimum atomic E-state index is -0.792. The molecule has 1 aliphatic rings. The van der Waals surface area contributed by atoms with Crippen LogP contribution in [0.4, 0.5) is 5.13 Å². The van der Waals surface area contributed by atoms with Gasteiger partial charge in [0.15, 0.2) is 5.13 Å². The Morgan fingerprint density at radius 3 is 2.29 bits per heavy atom. The first kappa shape index (κ1) is 21.3. The van der Waals surface area contributed by atoms with Gasteiger partial charge in [0.2, 0.25) is 0 Å². The number of benzene rings is 2. The van der Waals surface area contributed by atoms with Crippen molar-refractivity contribution >= 4 is 49.8 Å². The second kappa shape index (κ2) is 8.28. The number of halogens is 1. The van der Waals surface area contributed by atoms with Gasteiger partial charge in [-0.1, -0.05) is 28.1 Å². The summed E-state index contributed by atoms with van der Waals surface area (Å²) in [4.78, 5) is 33.0. The van der Waals surface area contributed by atoms with Crippen molar-refractivity contribution in [3.63, 3.8) is 0 Å². The van der Waals surface area contributed by atoms with Gasteiger partial charge in [0.1, 0.15) is 11.5 Å². The van der Waals surface area contributed by atoms with Crippen molar-refractivity contribution in [2.75, 3.05) is 12.0 Å². The molecule has 1 N–H and O–H groups in total. The van der Waals surface area contributed by atoms with Gasteiger partial charge in [0.05, 0.1) is 24.4 Å². The first-order valence-electron chi connectivity index (χ1n) is 9.46. The van der Waals surface area contributed by atoms with Gasteiger partial charge < -0.3 is 9.84 Å². The van der Waals surface area contributed by atoms with Gasteiger partial charge in [-0.25, -0.2) is 4.98 Å². The maximum Gasteiger partial charge on any atom is 0.301 e. The number of carbonyl (C=O) groups excluding carboxylic acids is 2. The summed E-state index contributed by atoms with van der Waals surface area (Å²) in [6, 6.07) is 13.2. The molecule has 2 aromatic carbocycles. The zero-order valence-electron chi connectivity index (χ0n) is 17.0. The highest BCUT2D eigenvalue weighted by atomic mass is 79.9. The third kappa shape index (κ3) is 3.77. The van der Waals surface area contributed by atoms with Gasteiger partial charge in [-0.05, 0) is 55.8 Å². The molecule has 4 rings (SSSR count). The molecule has 8 heteroatoms. The lowest BCUT2D eigenvalue weighted by molar-refractivity contribution is -0.132. The van der Waals surface area contributed by atoms with Gasteiger partial charge in [-0.15, -0.1) is 11.3 Å². The fourth-order valence-electron chi connectivity index (χ4n) is 3.45. The van der Waals surface area contributed by atoms with Gasteiger partial charge >= 0.3 is 5.91 Å². The summed E-state index contributed by atoms with van der Waals surface area (Å²) in [5, 5.41) is 11.5. The highest BCUT2D eigenvalue weighted by molar-refractivity contribution is 9.10. The number of aryl methyl sites for hydroxylation is 2. The van der Waals surface area contributed by atoms with Crippen LogP contribution < -0.4 is 9.64 Å². The number of nitrogens with zero attached hydrogens (tertiary/aromatic N) is 2. The summed E-state index contributed by atoms with van der Waals surface area (Å²) in [5.41, 5.74) is 1.95. The van der Waals surface area contributed by atoms with Crippen LogP contribution in [0.15, 0.2) is 58.6 Å². The molecule has 3 aromatic rings. The fourth-order valence-corrected chi connectivity index (χ4v) is 4.65. The molecule has 31 heavy (non-hydrogen) atoms. The summed E-state index contributed by atoms with van der Waals surface area (Å²) in [6.45, 7) is 3.77. The van der Waals surface area contributed by atoms with Crippen LogP contribution >= 0.6 is 27.3 Å². The lowest BCUT2D eigenvalue weighted by atomic mass is 9.95. The van der Waals surface area contributed by atoms with E-state index in [0.29, 0.717) is 22.0 Å². The van der Waals surface area contributed by atoms with E-state index in [-0.39, 0.29) is 11.3 Å². The molecule has 2 heterocycles. The summed E-state index contributed by atoms with van der Waals surface area (Å²) >= 11 is 4.76. The number of thiazole rings is 1. The number of aliphatic hydroxyl groups excluding tert-OH is 1. The summed E-state index contributed by atoms with van der Waals surface area (Å²) < 4.78 is 6.03. The van der Waals surface area contributed by atoms with Crippen molar-refractivity contribution in [2.45, 2.75) is 19.9 Å². The molecule has 1 atom stereocenters. The van der Waals surface area contributed by atoms with Crippen molar-refractivity contribution in [2.24, 2.45) is 0 Å². The minimum absolute atomic E-state index is 0.0306. The second-order valence-corrected chi connectivity index (χ2v) is 9.18. The Hall–Kier alpha value is -2.97. The monoisotopic (exact) mass is 498 g/mol. The largest absolute Gasteiger partial charge is 0.507 e. The van der Waals surface area contributed by atoms with Gasteiger partial charge in [0, 0.05) is 14.9 Å². The molecule has 0 bridgehead atoms. The Bertz CT molecular complexity index is 1180. The van der Waals surface area contributed by atoms with E-state index >= 15 is 0 Å². The fraction of sp³-hybridized carbons (Fsp3) is 0.174. The predicted molar refractivity (Wildman–Crippen MR) is 124 cm³/mol. The van der Waals surface area contributed by atoms with E-state index in [2.05, 4.69) is 20.9 Å². The average molecular weight is 499 g/mol. The molecule has 0 saturated carbocycles. The lowest BCUT2D eigenvalue weighted by Crippen LogP contribution is -2.29. The van der Waals surface area contributed by atoms with Crippen LogP contribution in [0.1, 0.15) is 27.7 Å². The van der Waals surface area contributed by atoms with E-state index in [9.17, 15) is 14.7 Å². The molecule has 158 valence electrons. The molecule has 1 unspecified atom stereocenters. The number of methoxy groups -OCH3 is 1. The maximum atomic E-state index is 13.1. The smallest absolute Gasteiger partial charge is 0.301 e. The Labute approximate surface area is 191 Å². The van der Waals surface area contributed by atoms with Crippen molar-refractivity contribution in [1.82, 2.24) is 4.98 Å². The zero-order chi connectivity index (χ0) is 22.3. The number of hydrogen-bond donors (Lipinski definition) is 1. The SMILES string of the molecule is COc1ccc(C(O)=C2C(=O)C(=O)N(c3nc(C)c(C)s3)C2c2ccc(Br)cc2)cc1. The number of Topliss-reactive ketones (excluding diaryl/α,β-unsaturated/α-hetero) is 1. The molecule has 1 aromatic heterocycles. The molecule has 6 nitrogen and oxygen atoms in total. The number of amides is 1. The van der Waals surface area contributed by atoms with E-state index in [0.717, 1.165) is 15.0 Å². The first-order chi connectivity index (χ1) is 14.8. The molecule has 1 aliphatic heterocycles. The normalized spacial score (nSPS) is 17.9. The third-order valence-electron chi connectivity index (χ3n) is 5.22. The van der Waals surface area contributed by atoms with Crippen LogP contribution in [-0.2, 0) is 9.59 Å². The predicted octanol–water partition coefficient (Wildman–Crippen LogP) is 5.16.